The van der Waals surface area contributed by atoms with Crippen LogP contribution in [-0.2, 0) is 0 Å². The lowest BCUT2D eigenvalue weighted by molar-refractivity contribution is -0.275. The van der Waals surface area contributed by atoms with E-state index in [2.05, 4.69) is 9.72 Å². The number of aromatic amines is 1. The molecular formula is C12H10F3NO3. The van der Waals surface area contributed by atoms with Crippen molar-refractivity contribution in [1.82, 2.24) is 4.98 Å². The first-order valence-corrected chi connectivity index (χ1v) is 5.27. The molecule has 2 rings (SSSR count). The summed E-state index contributed by atoms with van der Waals surface area (Å²) in [7, 11) is 1.24. The van der Waals surface area contributed by atoms with Crippen molar-refractivity contribution in [3.8, 4) is 11.5 Å². The number of rotatable bonds is 3. The number of H-pyrrole nitrogens is 1. The predicted octanol–water partition coefficient (Wildman–Crippen LogP) is 3.28. The van der Waals surface area contributed by atoms with E-state index in [0.717, 1.165) is 6.07 Å². The van der Waals surface area contributed by atoms with Crippen molar-refractivity contribution >= 4 is 16.7 Å². The molecule has 0 radical (unpaired) electrons. The van der Waals surface area contributed by atoms with Crippen LogP contribution in [0.25, 0.3) is 10.9 Å². The SMILES string of the molecule is COc1cc2[nH]cc(C(C)=O)c2cc1OC(F)(F)F. The average molecular weight is 273 g/mol. The maximum atomic E-state index is 12.3. The molecule has 0 saturated heterocycles. The van der Waals surface area contributed by atoms with Gasteiger partial charge in [0.2, 0.25) is 0 Å². The molecule has 0 unspecified atom stereocenters. The van der Waals surface area contributed by atoms with Crippen LogP contribution < -0.4 is 9.47 Å². The van der Waals surface area contributed by atoms with Crippen LogP contribution in [0.2, 0.25) is 0 Å². The Morgan fingerprint density at radius 1 is 1.26 bits per heavy atom. The number of hydrogen-bond donors (Lipinski definition) is 1. The molecule has 7 heteroatoms. The van der Waals surface area contributed by atoms with Gasteiger partial charge in [-0.1, -0.05) is 0 Å². The van der Waals surface area contributed by atoms with Gasteiger partial charge in [0.15, 0.2) is 17.3 Å². The molecule has 0 aliphatic carbocycles. The van der Waals surface area contributed by atoms with Crippen molar-refractivity contribution in [2.45, 2.75) is 13.3 Å². The summed E-state index contributed by atoms with van der Waals surface area (Å²) in [6.45, 7) is 1.33. The summed E-state index contributed by atoms with van der Waals surface area (Å²) in [6, 6.07) is 2.48. The highest BCUT2D eigenvalue weighted by molar-refractivity contribution is 6.07. The number of aromatic nitrogens is 1. The van der Waals surface area contributed by atoms with Gasteiger partial charge in [0, 0.05) is 23.2 Å². The molecule has 0 fully saturated rings. The summed E-state index contributed by atoms with van der Waals surface area (Å²) in [5.74, 6) is -0.805. The van der Waals surface area contributed by atoms with Gasteiger partial charge in [-0.25, -0.2) is 0 Å². The molecule has 102 valence electrons. The van der Waals surface area contributed by atoms with Crippen molar-refractivity contribution in [3.05, 3.63) is 23.9 Å². The number of nitrogens with one attached hydrogen (secondary N) is 1. The van der Waals surface area contributed by atoms with Crippen molar-refractivity contribution < 1.29 is 27.4 Å². The molecule has 1 aromatic heterocycles. The fraction of sp³-hybridized carbons (Fsp3) is 0.250. The Balaban J connectivity index is 2.61. The van der Waals surface area contributed by atoms with Crippen molar-refractivity contribution in [1.29, 1.82) is 0 Å². The van der Waals surface area contributed by atoms with Gasteiger partial charge in [0.25, 0.3) is 0 Å². The number of hydrogen-bond acceptors (Lipinski definition) is 3. The minimum absolute atomic E-state index is 0.0678. The molecule has 1 heterocycles. The van der Waals surface area contributed by atoms with Gasteiger partial charge in [-0.15, -0.1) is 13.2 Å². The van der Waals surface area contributed by atoms with E-state index in [1.54, 1.807) is 0 Å². The quantitative estimate of drug-likeness (QED) is 0.873. The lowest BCUT2D eigenvalue weighted by Gasteiger charge is -2.12. The van der Waals surface area contributed by atoms with E-state index in [1.807, 2.05) is 0 Å². The summed E-state index contributed by atoms with van der Waals surface area (Å²) in [4.78, 5) is 14.2. The number of methoxy groups -OCH3 is 1. The number of ketones is 1. The Morgan fingerprint density at radius 2 is 1.95 bits per heavy atom. The van der Waals surface area contributed by atoms with Crippen LogP contribution in [0.5, 0.6) is 11.5 Å². The minimum Gasteiger partial charge on any atom is -0.493 e. The van der Waals surface area contributed by atoms with Gasteiger partial charge in [-0.2, -0.15) is 0 Å². The van der Waals surface area contributed by atoms with Gasteiger partial charge in [-0.05, 0) is 13.0 Å². The Labute approximate surface area is 106 Å². The molecule has 1 aromatic carbocycles. The van der Waals surface area contributed by atoms with Gasteiger partial charge in [-0.3, -0.25) is 4.79 Å². The predicted molar refractivity (Wildman–Crippen MR) is 61.5 cm³/mol. The molecule has 0 bridgehead atoms. The lowest BCUT2D eigenvalue weighted by Crippen LogP contribution is -2.17. The van der Waals surface area contributed by atoms with Crippen molar-refractivity contribution in [2.24, 2.45) is 0 Å². The van der Waals surface area contributed by atoms with E-state index < -0.39 is 12.1 Å². The molecule has 0 saturated carbocycles. The standard InChI is InChI=1S/C12H10F3NO3/c1-6(17)8-5-16-9-4-10(18-2)11(3-7(8)9)19-12(13,14)15/h3-5,16H,1-2H3. The molecule has 4 nitrogen and oxygen atoms in total. The molecule has 0 spiro atoms. The van der Waals surface area contributed by atoms with Crippen LogP contribution in [0.1, 0.15) is 17.3 Å². The zero-order valence-corrected chi connectivity index (χ0v) is 10.1. The minimum atomic E-state index is -4.83. The number of fused-ring (bicyclic) bond motifs is 1. The van der Waals surface area contributed by atoms with Crippen LogP contribution in [0, 0.1) is 0 Å². The molecular weight excluding hydrogens is 263 g/mol. The molecule has 0 amide bonds. The molecule has 0 aliphatic rings. The maximum absolute atomic E-state index is 12.3. The average Bonchev–Trinajstić information content (AvgIpc) is 2.68. The van der Waals surface area contributed by atoms with Crippen molar-refractivity contribution in [2.75, 3.05) is 7.11 Å². The highest BCUT2D eigenvalue weighted by Gasteiger charge is 2.32. The number of ether oxygens (including phenoxy) is 2. The van der Waals surface area contributed by atoms with Crippen molar-refractivity contribution in [3.63, 3.8) is 0 Å². The Hall–Kier alpha value is -2.18. The van der Waals surface area contributed by atoms with E-state index >= 15 is 0 Å². The molecule has 0 atom stereocenters. The number of Topliss-reactive ketones (excluding diaryl/α,β-unsaturated/α-hetero) is 1. The van der Waals surface area contributed by atoms with E-state index in [0.29, 0.717) is 16.5 Å². The fourth-order valence-corrected chi connectivity index (χ4v) is 1.79. The second kappa shape index (κ2) is 4.49. The Kier molecular flexibility index (Phi) is 3.13. The fourth-order valence-electron chi connectivity index (χ4n) is 1.79. The topological polar surface area (TPSA) is 51.3 Å². The van der Waals surface area contributed by atoms with Crippen LogP contribution in [-0.4, -0.2) is 24.2 Å². The third-order valence-electron chi connectivity index (χ3n) is 2.57. The molecule has 2 aromatic rings. The number of halogens is 3. The maximum Gasteiger partial charge on any atom is 0.573 e. The van der Waals surface area contributed by atoms with E-state index in [-0.39, 0.29) is 11.5 Å². The first-order valence-electron chi connectivity index (χ1n) is 5.27. The largest absolute Gasteiger partial charge is 0.573 e. The van der Waals surface area contributed by atoms with Crippen LogP contribution in [0.4, 0.5) is 13.2 Å². The second-order valence-corrected chi connectivity index (χ2v) is 3.85. The lowest BCUT2D eigenvalue weighted by atomic mass is 10.1. The molecule has 0 aliphatic heterocycles. The van der Waals surface area contributed by atoms with E-state index in [1.165, 1.54) is 26.3 Å². The van der Waals surface area contributed by atoms with Crippen LogP contribution in [0.15, 0.2) is 18.3 Å². The molecule has 1 N–H and O–H groups in total. The third-order valence-corrected chi connectivity index (χ3v) is 2.57. The van der Waals surface area contributed by atoms with Crippen LogP contribution >= 0.6 is 0 Å². The summed E-state index contributed by atoms with van der Waals surface area (Å²) in [6.07, 6.45) is -3.39. The molecule has 19 heavy (non-hydrogen) atoms. The third kappa shape index (κ3) is 2.64. The van der Waals surface area contributed by atoms with Gasteiger partial charge < -0.3 is 14.5 Å². The van der Waals surface area contributed by atoms with Gasteiger partial charge in [0.1, 0.15) is 0 Å². The zero-order chi connectivity index (χ0) is 14.2. The normalized spacial score (nSPS) is 11.6. The van der Waals surface area contributed by atoms with Crippen LogP contribution in [0.3, 0.4) is 0 Å². The van der Waals surface area contributed by atoms with Gasteiger partial charge in [0.05, 0.1) is 12.6 Å². The summed E-state index contributed by atoms with van der Waals surface area (Å²) in [5.41, 5.74) is 0.793. The zero-order valence-electron chi connectivity index (χ0n) is 10.1. The number of benzene rings is 1. The number of alkyl halides is 3. The van der Waals surface area contributed by atoms with E-state index in [9.17, 15) is 18.0 Å². The highest BCUT2D eigenvalue weighted by Crippen LogP contribution is 2.36. The second-order valence-electron chi connectivity index (χ2n) is 3.85. The first-order chi connectivity index (χ1) is 8.81. The monoisotopic (exact) mass is 273 g/mol. The number of carbonyl (C=O) groups is 1. The Bertz CT molecular complexity index is 631. The van der Waals surface area contributed by atoms with E-state index in [4.69, 9.17) is 4.74 Å². The van der Waals surface area contributed by atoms with Gasteiger partial charge >= 0.3 is 6.36 Å². The first kappa shape index (κ1) is 13.3. The smallest absolute Gasteiger partial charge is 0.493 e. The number of carbonyl (C=O) groups excluding carboxylic acids is 1. The highest BCUT2D eigenvalue weighted by atomic mass is 19.4. The summed E-state index contributed by atoms with van der Waals surface area (Å²) < 4.78 is 45.6. The summed E-state index contributed by atoms with van der Waals surface area (Å²) in [5, 5.41) is 0.354. The summed E-state index contributed by atoms with van der Waals surface area (Å²) >= 11 is 0. The Morgan fingerprint density at radius 3 is 2.47 bits per heavy atom.